The van der Waals surface area contributed by atoms with Crippen molar-refractivity contribution in [3.8, 4) is 11.1 Å². The maximum absolute atomic E-state index is 13.4. The van der Waals surface area contributed by atoms with Crippen molar-refractivity contribution in [1.29, 1.82) is 0 Å². The molecule has 2 heterocycles. The van der Waals surface area contributed by atoms with E-state index in [4.69, 9.17) is 4.74 Å². The predicted molar refractivity (Wildman–Crippen MR) is 113 cm³/mol. The number of rotatable bonds is 4. The minimum absolute atomic E-state index is 0.225. The summed E-state index contributed by atoms with van der Waals surface area (Å²) in [5.74, 6) is -0.555. The summed E-state index contributed by atoms with van der Waals surface area (Å²) in [5.41, 5.74) is 3.33. The molecule has 0 saturated carbocycles. The normalized spacial score (nSPS) is 10.8. The van der Waals surface area contributed by atoms with Crippen molar-refractivity contribution < 1.29 is 9.53 Å². The van der Waals surface area contributed by atoms with Gasteiger partial charge in [0.15, 0.2) is 0 Å². The number of carbonyl (C=O) groups excluding carboxylic acids is 1. The minimum atomic E-state index is -0.555. The summed E-state index contributed by atoms with van der Waals surface area (Å²) in [7, 11) is 1.33. The number of esters is 1. The van der Waals surface area contributed by atoms with Gasteiger partial charge in [0, 0.05) is 28.9 Å². The van der Waals surface area contributed by atoms with E-state index in [1.807, 2.05) is 67.6 Å². The zero-order valence-corrected chi connectivity index (χ0v) is 16.3. The van der Waals surface area contributed by atoms with E-state index in [9.17, 15) is 9.59 Å². The molecule has 2 aromatic heterocycles. The molecular formula is C24H20N2O3. The van der Waals surface area contributed by atoms with Crippen LogP contribution in [-0.2, 0) is 11.3 Å². The fourth-order valence-electron chi connectivity index (χ4n) is 3.59. The Morgan fingerprint density at radius 1 is 1.03 bits per heavy atom. The summed E-state index contributed by atoms with van der Waals surface area (Å²) in [6.45, 7) is 2.22. The van der Waals surface area contributed by atoms with Gasteiger partial charge in [-0.3, -0.25) is 14.3 Å². The average Bonchev–Trinajstić information content (AvgIpc) is 2.76. The van der Waals surface area contributed by atoms with Gasteiger partial charge in [0.2, 0.25) is 0 Å². The van der Waals surface area contributed by atoms with Crippen LogP contribution in [0.2, 0.25) is 0 Å². The molecule has 4 rings (SSSR count). The van der Waals surface area contributed by atoms with Gasteiger partial charge in [0.1, 0.15) is 5.69 Å². The van der Waals surface area contributed by atoms with Crippen LogP contribution in [-0.4, -0.2) is 22.6 Å². The van der Waals surface area contributed by atoms with Crippen molar-refractivity contribution in [3.05, 3.63) is 100 Å². The number of aromatic nitrogens is 2. The van der Waals surface area contributed by atoms with Crippen LogP contribution in [0.15, 0.2) is 77.9 Å². The summed E-state index contributed by atoms with van der Waals surface area (Å²) in [4.78, 5) is 30.5. The van der Waals surface area contributed by atoms with Gasteiger partial charge >= 0.3 is 5.97 Å². The third kappa shape index (κ3) is 3.43. The minimum Gasteiger partial charge on any atom is -0.464 e. The topological polar surface area (TPSA) is 61.2 Å². The number of methoxy groups -OCH3 is 1. The number of carbonyl (C=O) groups is 1. The highest BCUT2D eigenvalue weighted by Gasteiger charge is 2.24. The smallest absolute Gasteiger partial charge is 0.355 e. The molecule has 0 fully saturated rings. The molecule has 0 saturated heterocycles. The van der Waals surface area contributed by atoms with Crippen molar-refractivity contribution in [3.63, 3.8) is 0 Å². The van der Waals surface area contributed by atoms with Crippen LogP contribution in [0.4, 0.5) is 0 Å². The molecule has 0 aliphatic rings. The fourth-order valence-corrected chi connectivity index (χ4v) is 3.59. The lowest BCUT2D eigenvalue weighted by Crippen LogP contribution is -2.28. The Bertz CT molecular complexity index is 1250. The molecule has 0 bridgehead atoms. The van der Waals surface area contributed by atoms with Gasteiger partial charge in [0.05, 0.1) is 13.7 Å². The predicted octanol–water partition coefficient (Wildman–Crippen LogP) is 4.21. The summed E-state index contributed by atoms with van der Waals surface area (Å²) in [5, 5.41) is 1.27. The number of fused-ring (bicyclic) bond motifs is 1. The number of nitrogens with zero attached hydrogens (tertiary/aromatic N) is 2. The first kappa shape index (κ1) is 18.6. The maximum Gasteiger partial charge on any atom is 0.355 e. The van der Waals surface area contributed by atoms with Gasteiger partial charge in [-0.1, -0.05) is 54.1 Å². The molecular weight excluding hydrogens is 364 g/mol. The van der Waals surface area contributed by atoms with Crippen molar-refractivity contribution in [2.24, 2.45) is 0 Å². The first-order chi connectivity index (χ1) is 14.1. The quantitative estimate of drug-likeness (QED) is 0.495. The van der Waals surface area contributed by atoms with Gasteiger partial charge in [0.25, 0.3) is 5.56 Å². The van der Waals surface area contributed by atoms with E-state index in [0.717, 1.165) is 16.7 Å². The first-order valence-electron chi connectivity index (χ1n) is 9.30. The van der Waals surface area contributed by atoms with Crippen LogP contribution in [0.1, 0.15) is 21.6 Å². The SMILES string of the molecule is COC(=O)c1c(-c2cccnc2)c2cc(C)ccc2c(=O)n1Cc1ccccc1. The van der Waals surface area contributed by atoms with Gasteiger partial charge in [-0.05, 0) is 30.0 Å². The highest BCUT2D eigenvalue weighted by molar-refractivity contribution is 6.06. The third-order valence-electron chi connectivity index (χ3n) is 4.94. The maximum atomic E-state index is 13.4. The Labute approximate surface area is 168 Å². The summed E-state index contributed by atoms with van der Waals surface area (Å²) < 4.78 is 6.59. The lowest BCUT2D eigenvalue weighted by Gasteiger charge is -2.19. The molecule has 144 valence electrons. The standard InChI is InChI=1S/C24H20N2O3/c1-16-10-11-19-20(13-16)21(18-9-6-12-25-14-18)22(24(28)29-2)26(23(19)27)15-17-7-4-3-5-8-17/h3-14H,15H2,1-2H3. The lowest BCUT2D eigenvalue weighted by molar-refractivity contribution is 0.0588. The van der Waals surface area contributed by atoms with Crippen molar-refractivity contribution in [2.75, 3.05) is 7.11 Å². The van der Waals surface area contributed by atoms with E-state index in [2.05, 4.69) is 4.98 Å². The molecule has 29 heavy (non-hydrogen) atoms. The van der Waals surface area contributed by atoms with Gasteiger partial charge in [-0.25, -0.2) is 4.79 Å². The van der Waals surface area contributed by atoms with Crippen LogP contribution >= 0.6 is 0 Å². The molecule has 5 heteroatoms. The fraction of sp³-hybridized carbons (Fsp3) is 0.125. The lowest BCUT2D eigenvalue weighted by atomic mass is 9.96. The van der Waals surface area contributed by atoms with Crippen LogP contribution in [0.5, 0.6) is 0 Å². The highest BCUT2D eigenvalue weighted by atomic mass is 16.5. The molecule has 0 amide bonds. The molecule has 2 aromatic carbocycles. The molecule has 4 aromatic rings. The molecule has 0 aliphatic heterocycles. The Hall–Kier alpha value is -3.73. The molecule has 5 nitrogen and oxygen atoms in total. The van der Waals surface area contributed by atoms with Crippen molar-refractivity contribution >= 4 is 16.7 Å². The molecule has 0 atom stereocenters. The van der Waals surface area contributed by atoms with E-state index in [1.165, 1.54) is 11.7 Å². The largest absolute Gasteiger partial charge is 0.464 e. The van der Waals surface area contributed by atoms with Gasteiger partial charge in [-0.2, -0.15) is 0 Å². The van der Waals surface area contributed by atoms with E-state index in [1.54, 1.807) is 12.4 Å². The molecule has 0 aliphatic carbocycles. The number of ether oxygens (including phenoxy) is 1. The van der Waals surface area contributed by atoms with Crippen molar-refractivity contribution in [1.82, 2.24) is 9.55 Å². The number of benzene rings is 2. The van der Waals surface area contributed by atoms with E-state index < -0.39 is 5.97 Å². The van der Waals surface area contributed by atoms with Crippen LogP contribution < -0.4 is 5.56 Å². The first-order valence-corrected chi connectivity index (χ1v) is 9.30. The Morgan fingerprint density at radius 2 is 1.83 bits per heavy atom. The van der Waals surface area contributed by atoms with Crippen LogP contribution in [0.25, 0.3) is 21.9 Å². The number of pyridine rings is 2. The summed E-state index contributed by atoms with van der Waals surface area (Å²) in [6.07, 6.45) is 3.37. The van der Waals surface area contributed by atoms with Crippen LogP contribution in [0, 0.1) is 6.92 Å². The van der Waals surface area contributed by atoms with E-state index in [-0.39, 0.29) is 17.8 Å². The molecule has 0 spiro atoms. The molecule has 0 unspecified atom stereocenters. The Kier molecular flexibility index (Phi) is 4.96. The number of hydrogen-bond donors (Lipinski definition) is 0. The Morgan fingerprint density at radius 3 is 2.52 bits per heavy atom. The van der Waals surface area contributed by atoms with Gasteiger partial charge in [-0.15, -0.1) is 0 Å². The number of aryl methyl sites for hydroxylation is 1. The average molecular weight is 384 g/mol. The molecule has 0 N–H and O–H groups in total. The van der Waals surface area contributed by atoms with Crippen LogP contribution in [0.3, 0.4) is 0 Å². The summed E-state index contributed by atoms with van der Waals surface area (Å²) in [6, 6.07) is 18.9. The van der Waals surface area contributed by atoms with Gasteiger partial charge < -0.3 is 4.74 Å². The third-order valence-corrected chi connectivity index (χ3v) is 4.94. The monoisotopic (exact) mass is 384 g/mol. The second-order valence-corrected chi connectivity index (χ2v) is 6.88. The van der Waals surface area contributed by atoms with Crippen molar-refractivity contribution in [2.45, 2.75) is 13.5 Å². The van der Waals surface area contributed by atoms with E-state index >= 15 is 0 Å². The van der Waals surface area contributed by atoms with E-state index in [0.29, 0.717) is 16.3 Å². The Balaban J connectivity index is 2.14. The summed E-state index contributed by atoms with van der Waals surface area (Å²) >= 11 is 0. The molecule has 0 radical (unpaired) electrons. The highest BCUT2D eigenvalue weighted by Crippen LogP contribution is 2.31. The number of hydrogen-bond acceptors (Lipinski definition) is 4. The zero-order chi connectivity index (χ0) is 20.4. The second-order valence-electron chi connectivity index (χ2n) is 6.88. The zero-order valence-electron chi connectivity index (χ0n) is 16.3. The second kappa shape index (κ2) is 7.72.